The number of hydrogen-bond acceptors (Lipinski definition) is 6. The molecule has 36 heavy (non-hydrogen) atoms. The molecule has 0 fully saturated rings. The number of carbonyl (C=O) groups is 3. The molecule has 180 valence electrons. The van der Waals surface area contributed by atoms with E-state index in [9.17, 15) is 24.5 Å². The lowest BCUT2D eigenvalue weighted by Gasteiger charge is -2.25. The number of imidazole rings is 1. The van der Waals surface area contributed by atoms with Gasteiger partial charge in [-0.25, -0.2) is 4.98 Å². The van der Waals surface area contributed by atoms with Crippen LogP contribution in [0.2, 0.25) is 0 Å². The number of rotatable bonds is 6. The van der Waals surface area contributed by atoms with Crippen molar-refractivity contribution in [2.75, 3.05) is 0 Å². The molecule has 0 saturated carbocycles. The van der Waals surface area contributed by atoms with Gasteiger partial charge in [-0.1, -0.05) is 48.5 Å². The molecule has 1 aromatic heterocycles. The molecular formula is C26H21N5O5. The molecule has 1 aliphatic heterocycles. The van der Waals surface area contributed by atoms with Gasteiger partial charge in [-0.2, -0.15) is 0 Å². The number of aromatic nitrogens is 2. The van der Waals surface area contributed by atoms with Crippen LogP contribution in [0.5, 0.6) is 0 Å². The molecule has 0 aliphatic carbocycles. The minimum Gasteiger partial charge on any atom is -0.340 e. The van der Waals surface area contributed by atoms with E-state index in [1.165, 1.54) is 19.1 Å². The molecule has 0 spiro atoms. The van der Waals surface area contributed by atoms with Gasteiger partial charge in [0.15, 0.2) is 0 Å². The molecule has 0 saturated heterocycles. The minimum absolute atomic E-state index is 0.0937. The fourth-order valence-corrected chi connectivity index (χ4v) is 4.53. The van der Waals surface area contributed by atoms with Crippen LogP contribution in [0.25, 0.3) is 11.0 Å². The van der Waals surface area contributed by atoms with E-state index in [0.29, 0.717) is 5.82 Å². The third-order valence-corrected chi connectivity index (χ3v) is 6.39. The summed E-state index contributed by atoms with van der Waals surface area (Å²) in [7, 11) is 1.85. The molecule has 3 aromatic carbocycles. The first-order chi connectivity index (χ1) is 17.3. The van der Waals surface area contributed by atoms with Gasteiger partial charge in [0.25, 0.3) is 17.5 Å². The van der Waals surface area contributed by atoms with Crippen molar-refractivity contribution in [3.63, 3.8) is 0 Å². The van der Waals surface area contributed by atoms with Crippen molar-refractivity contribution in [3.8, 4) is 0 Å². The van der Waals surface area contributed by atoms with E-state index in [4.69, 9.17) is 4.98 Å². The summed E-state index contributed by atoms with van der Waals surface area (Å²) >= 11 is 0. The predicted octanol–water partition coefficient (Wildman–Crippen LogP) is 3.37. The van der Waals surface area contributed by atoms with Crippen LogP contribution in [0.1, 0.15) is 45.1 Å². The molecule has 1 N–H and O–H groups in total. The normalized spacial score (nSPS) is 14.6. The topological polar surface area (TPSA) is 127 Å². The lowest BCUT2D eigenvalue weighted by molar-refractivity contribution is -0.385. The van der Waals surface area contributed by atoms with Gasteiger partial charge in [-0.3, -0.25) is 29.4 Å². The van der Waals surface area contributed by atoms with Gasteiger partial charge in [-0.05, 0) is 30.7 Å². The van der Waals surface area contributed by atoms with Crippen LogP contribution in [0.15, 0.2) is 72.8 Å². The molecule has 10 nitrogen and oxygen atoms in total. The van der Waals surface area contributed by atoms with Gasteiger partial charge < -0.3 is 9.88 Å². The van der Waals surface area contributed by atoms with E-state index in [1.807, 2.05) is 66.2 Å². The Morgan fingerprint density at radius 3 is 2.36 bits per heavy atom. The van der Waals surface area contributed by atoms with Crippen molar-refractivity contribution in [1.82, 2.24) is 19.8 Å². The van der Waals surface area contributed by atoms with Crippen molar-refractivity contribution < 1.29 is 19.3 Å². The van der Waals surface area contributed by atoms with E-state index < -0.39 is 40.4 Å². The molecule has 2 unspecified atom stereocenters. The third-order valence-electron chi connectivity index (χ3n) is 6.39. The highest BCUT2D eigenvalue weighted by atomic mass is 16.6. The highest BCUT2D eigenvalue weighted by molar-refractivity contribution is 6.24. The van der Waals surface area contributed by atoms with Gasteiger partial charge in [0.2, 0.25) is 5.91 Å². The van der Waals surface area contributed by atoms with Crippen molar-refractivity contribution in [3.05, 3.63) is 105 Å². The maximum Gasteiger partial charge on any atom is 0.282 e. The summed E-state index contributed by atoms with van der Waals surface area (Å²) in [5, 5.41) is 14.4. The second kappa shape index (κ2) is 8.73. The third kappa shape index (κ3) is 3.59. The van der Waals surface area contributed by atoms with Gasteiger partial charge in [0.05, 0.1) is 21.5 Å². The van der Waals surface area contributed by atoms with Crippen LogP contribution >= 0.6 is 0 Å². The zero-order chi connectivity index (χ0) is 25.6. The van der Waals surface area contributed by atoms with Crippen LogP contribution in [0.3, 0.4) is 0 Å². The van der Waals surface area contributed by atoms with Crippen LogP contribution in [0.4, 0.5) is 5.69 Å². The Labute approximate surface area is 205 Å². The summed E-state index contributed by atoms with van der Waals surface area (Å²) in [4.78, 5) is 55.7. The van der Waals surface area contributed by atoms with E-state index in [-0.39, 0.29) is 11.1 Å². The Morgan fingerprint density at radius 2 is 1.67 bits per heavy atom. The number of hydrogen-bond donors (Lipinski definition) is 1. The molecule has 4 aromatic rings. The van der Waals surface area contributed by atoms with E-state index in [0.717, 1.165) is 27.6 Å². The van der Waals surface area contributed by atoms with Crippen LogP contribution < -0.4 is 5.32 Å². The Bertz CT molecular complexity index is 1550. The fourth-order valence-electron chi connectivity index (χ4n) is 4.53. The molecule has 0 bridgehead atoms. The van der Waals surface area contributed by atoms with Gasteiger partial charge in [0, 0.05) is 13.1 Å². The number of nitro groups is 1. The number of nitrogens with one attached hydrogen (secondary N) is 1. The van der Waals surface area contributed by atoms with Gasteiger partial charge in [-0.15, -0.1) is 0 Å². The van der Waals surface area contributed by atoms with Crippen LogP contribution in [-0.4, -0.2) is 43.1 Å². The van der Waals surface area contributed by atoms with Crippen LogP contribution in [-0.2, 0) is 11.8 Å². The second-order valence-corrected chi connectivity index (χ2v) is 8.48. The van der Waals surface area contributed by atoms with E-state index in [2.05, 4.69) is 5.32 Å². The van der Waals surface area contributed by atoms with Crippen molar-refractivity contribution in [1.29, 1.82) is 0 Å². The number of nitrogens with zero attached hydrogens (tertiary/aromatic N) is 4. The minimum atomic E-state index is -1.22. The van der Waals surface area contributed by atoms with Gasteiger partial charge >= 0.3 is 0 Å². The molecule has 10 heteroatoms. The van der Waals surface area contributed by atoms with Gasteiger partial charge in [0.1, 0.15) is 23.5 Å². The summed E-state index contributed by atoms with van der Waals surface area (Å²) in [5.41, 5.74) is 1.53. The monoisotopic (exact) mass is 483 g/mol. The zero-order valence-corrected chi connectivity index (χ0v) is 19.4. The zero-order valence-electron chi connectivity index (χ0n) is 19.4. The first-order valence-corrected chi connectivity index (χ1v) is 11.2. The number of carbonyl (C=O) groups excluding carboxylic acids is 3. The SMILES string of the molecule is CC(C(=O)NC(c1ccccc1)c1nc2ccccc2n1C)N1C(=O)c2cccc([N+](=O)[O-])c2C1=O. The van der Waals surface area contributed by atoms with Crippen molar-refractivity contribution in [2.45, 2.75) is 19.0 Å². The lowest BCUT2D eigenvalue weighted by Crippen LogP contribution is -2.49. The predicted molar refractivity (Wildman–Crippen MR) is 130 cm³/mol. The molecule has 5 rings (SSSR count). The van der Waals surface area contributed by atoms with E-state index in [1.54, 1.807) is 0 Å². The molecule has 2 atom stereocenters. The maximum absolute atomic E-state index is 13.4. The summed E-state index contributed by atoms with van der Waals surface area (Å²) in [6.07, 6.45) is 0. The average molecular weight is 483 g/mol. The fraction of sp³-hybridized carbons (Fsp3) is 0.154. The Kier molecular flexibility index (Phi) is 5.56. The highest BCUT2D eigenvalue weighted by Gasteiger charge is 2.45. The summed E-state index contributed by atoms with van der Waals surface area (Å²) in [5.74, 6) is -1.65. The summed E-state index contributed by atoms with van der Waals surface area (Å²) in [6, 6.07) is 18.7. The standard InChI is InChI=1S/C26H21N5O5/c1-15(30-25(33)17-11-8-14-20(31(35)36)21(17)26(30)34)24(32)28-22(16-9-4-3-5-10-16)23-27-18-12-6-7-13-19(18)29(23)2/h3-15,22H,1-2H3,(H,28,32). The smallest absolute Gasteiger partial charge is 0.282 e. The first-order valence-electron chi connectivity index (χ1n) is 11.2. The Hall–Kier alpha value is -4.86. The summed E-state index contributed by atoms with van der Waals surface area (Å²) < 4.78 is 1.88. The quantitative estimate of drug-likeness (QED) is 0.254. The number of fused-ring (bicyclic) bond motifs is 2. The number of aryl methyl sites for hydroxylation is 1. The highest BCUT2D eigenvalue weighted by Crippen LogP contribution is 2.32. The molecule has 0 radical (unpaired) electrons. The number of imide groups is 1. The molecular weight excluding hydrogens is 462 g/mol. The number of nitro benzene ring substituents is 1. The van der Waals surface area contributed by atoms with Crippen molar-refractivity contribution >= 4 is 34.4 Å². The molecule has 3 amide bonds. The first kappa shape index (κ1) is 22.9. The largest absolute Gasteiger partial charge is 0.340 e. The maximum atomic E-state index is 13.4. The van der Waals surface area contributed by atoms with E-state index >= 15 is 0 Å². The Morgan fingerprint density at radius 1 is 0.972 bits per heavy atom. The lowest BCUT2D eigenvalue weighted by atomic mass is 10.1. The molecule has 1 aliphatic rings. The second-order valence-electron chi connectivity index (χ2n) is 8.48. The van der Waals surface area contributed by atoms with Crippen LogP contribution in [0, 0.1) is 10.1 Å². The number of amides is 3. The Balaban J connectivity index is 1.49. The number of para-hydroxylation sites is 2. The van der Waals surface area contributed by atoms with Crippen molar-refractivity contribution in [2.24, 2.45) is 7.05 Å². The average Bonchev–Trinajstić information content (AvgIpc) is 3.35. The molecule has 2 heterocycles. The number of benzene rings is 3. The summed E-state index contributed by atoms with van der Waals surface area (Å²) in [6.45, 7) is 1.42.